The highest BCUT2D eigenvalue weighted by Crippen LogP contribution is 2.17. The second kappa shape index (κ2) is 9.04. The zero-order valence-corrected chi connectivity index (χ0v) is 14.9. The van der Waals surface area contributed by atoms with E-state index in [1.165, 1.54) is 6.08 Å². The van der Waals surface area contributed by atoms with Gasteiger partial charge in [0.1, 0.15) is 0 Å². The van der Waals surface area contributed by atoms with Gasteiger partial charge in [-0.1, -0.05) is 48.0 Å². The van der Waals surface area contributed by atoms with Crippen LogP contribution in [0, 0.1) is 0 Å². The van der Waals surface area contributed by atoms with Crippen LogP contribution >= 0.6 is 11.6 Å². The maximum atomic E-state index is 12.4. The molecule has 25 heavy (non-hydrogen) atoms. The molecule has 0 saturated heterocycles. The summed E-state index contributed by atoms with van der Waals surface area (Å²) in [5, 5.41) is 0.540. The second-order valence-electron chi connectivity index (χ2n) is 5.66. The van der Waals surface area contributed by atoms with Crippen LogP contribution in [-0.4, -0.2) is 24.5 Å². The van der Waals surface area contributed by atoms with Crippen molar-refractivity contribution in [1.82, 2.24) is 0 Å². The Morgan fingerprint density at radius 3 is 2.36 bits per heavy atom. The number of rotatable bonds is 6. The molecule has 0 saturated carbocycles. The smallest absolute Gasteiger partial charge is 0.331 e. The average molecular weight is 358 g/mol. The zero-order chi connectivity index (χ0) is 18.2. The van der Waals surface area contributed by atoms with E-state index in [4.69, 9.17) is 16.3 Å². The summed E-state index contributed by atoms with van der Waals surface area (Å²) in [4.78, 5) is 25.9. The lowest BCUT2D eigenvalue weighted by molar-refractivity contribution is -0.143. The Kier molecular flexibility index (Phi) is 6.78. The first kappa shape index (κ1) is 18.7. The third-order valence-corrected chi connectivity index (χ3v) is 3.81. The third-order valence-electron chi connectivity index (χ3n) is 3.46. The predicted octanol–water partition coefficient (Wildman–Crippen LogP) is 4.34. The normalized spacial score (nSPS) is 10.9. The maximum absolute atomic E-state index is 12.4. The van der Waals surface area contributed by atoms with Gasteiger partial charge in [-0.05, 0) is 43.7 Å². The van der Waals surface area contributed by atoms with Gasteiger partial charge in [-0.3, -0.25) is 4.79 Å². The Labute approximate surface area is 152 Å². The van der Waals surface area contributed by atoms with Gasteiger partial charge in [-0.2, -0.15) is 0 Å². The van der Waals surface area contributed by atoms with Crippen molar-refractivity contribution >= 4 is 35.2 Å². The predicted molar refractivity (Wildman–Crippen MR) is 101 cm³/mol. The Bertz CT molecular complexity index is 757. The lowest BCUT2D eigenvalue weighted by Gasteiger charge is -2.26. The number of nitrogens with zero attached hydrogens (tertiary/aromatic N) is 1. The summed E-state index contributed by atoms with van der Waals surface area (Å²) in [6, 6.07) is 16.4. The third kappa shape index (κ3) is 5.47. The highest BCUT2D eigenvalue weighted by Gasteiger charge is 2.19. The molecule has 0 heterocycles. The molecule has 0 atom stereocenters. The molecule has 2 rings (SSSR count). The standard InChI is InChI=1S/C20H20ClNO3/c1-15(2)22(17-9-4-3-5-10-17)19(23)14-25-20(24)13-12-16-8-6-7-11-18(16)21/h3-13,15H,14H2,1-2H3/b13-12+. The Morgan fingerprint density at radius 1 is 1.08 bits per heavy atom. The number of benzene rings is 2. The molecule has 2 aromatic carbocycles. The molecule has 0 bridgehead atoms. The van der Waals surface area contributed by atoms with Crippen molar-refractivity contribution in [1.29, 1.82) is 0 Å². The maximum Gasteiger partial charge on any atom is 0.331 e. The van der Waals surface area contributed by atoms with Crippen LogP contribution in [0.15, 0.2) is 60.7 Å². The first-order valence-corrected chi connectivity index (χ1v) is 8.33. The Hall–Kier alpha value is -2.59. The number of carbonyl (C=O) groups is 2. The number of carbonyl (C=O) groups excluding carboxylic acids is 2. The molecule has 0 aliphatic rings. The van der Waals surface area contributed by atoms with Crippen LogP contribution in [-0.2, 0) is 14.3 Å². The molecule has 0 N–H and O–H groups in total. The van der Waals surface area contributed by atoms with Crippen molar-refractivity contribution in [2.45, 2.75) is 19.9 Å². The molecule has 5 heteroatoms. The van der Waals surface area contributed by atoms with Crippen molar-refractivity contribution in [3.05, 3.63) is 71.3 Å². The first-order valence-electron chi connectivity index (χ1n) is 7.95. The van der Waals surface area contributed by atoms with Gasteiger partial charge in [0.25, 0.3) is 5.91 Å². The minimum absolute atomic E-state index is 0.0488. The van der Waals surface area contributed by atoms with Crippen LogP contribution < -0.4 is 4.90 Å². The fourth-order valence-corrected chi connectivity index (χ4v) is 2.54. The van der Waals surface area contributed by atoms with Crippen molar-refractivity contribution in [2.24, 2.45) is 0 Å². The molecule has 0 aliphatic carbocycles. The van der Waals surface area contributed by atoms with Gasteiger partial charge in [0, 0.05) is 22.8 Å². The van der Waals surface area contributed by atoms with Crippen LogP contribution in [0.1, 0.15) is 19.4 Å². The van der Waals surface area contributed by atoms with Crippen LogP contribution in [0.4, 0.5) is 5.69 Å². The number of esters is 1. The van der Waals surface area contributed by atoms with E-state index in [9.17, 15) is 9.59 Å². The van der Waals surface area contributed by atoms with Crippen molar-refractivity contribution in [3.63, 3.8) is 0 Å². The minimum atomic E-state index is -0.593. The molecule has 0 unspecified atom stereocenters. The van der Waals surface area contributed by atoms with Crippen LogP contribution in [0.25, 0.3) is 6.08 Å². The summed E-state index contributed by atoms with van der Waals surface area (Å²) in [5.41, 5.74) is 1.48. The van der Waals surface area contributed by atoms with Crippen molar-refractivity contribution < 1.29 is 14.3 Å². The average Bonchev–Trinajstić information content (AvgIpc) is 2.60. The van der Waals surface area contributed by atoms with Gasteiger partial charge < -0.3 is 9.64 Å². The summed E-state index contributed by atoms with van der Waals surface area (Å²) >= 11 is 6.02. The van der Waals surface area contributed by atoms with E-state index in [0.29, 0.717) is 10.6 Å². The minimum Gasteiger partial charge on any atom is -0.452 e. The number of hydrogen-bond acceptors (Lipinski definition) is 3. The molecule has 0 radical (unpaired) electrons. The topological polar surface area (TPSA) is 46.6 Å². The van der Waals surface area contributed by atoms with E-state index >= 15 is 0 Å². The van der Waals surface area contributed by atoms with E-state index in [1.54, 1.807) is 29.2 Å². The lowest BCUT2D eigenvalue weighted by Crippen LogP contribution is -2.39. The fraction of sp³-hybridized carbons (Fsp3) is 0.200. The van der Waals surface area contributed by atoms with E-state index < -0.39 is 5.97 Å². The molecule has 0 aliphatic heterocycles. The second-order valence-corrected chi connectivity index (χ2v) is 6.06. The van der Waals surface area contributed by atoms with Crippen molar-refractivity contribution in [2.75, 3.05) is 11.5 Å². The summed E-state index contributed by atoms with van der Waals surface area (Å²) in [6.07, 6.45) is 2.82. The van der Waals surface area contributed by atoms with Crippen LogP contribution in [0.5, 0.6) is 0 Å². The van der Waals surface area contributed by atoms with Gasteiger partial charge in [0.15, 0.2) is 6.61 Å². The Balaban J connectivity index is 1.96. The molecule has 0 spiro atoms. The van der Waals surface area contributed by atoms with Crippen LogP contribution in [0.3, 0.4) is 0 Å². The van der Waals surface area contributed by atoms with Gasteiger partial charge in [0.05, 0.1) is 0 Å². The summed E-state index contributed by atoms with van der Waals surface area (Å²) in [5.74, 6) is -0.870. The highest BCUT2D eigenvalue weighted by molar-refractivity contribution is 6.32. The molecule has 1 amide bonds. The monoisotopic (exact) mass is 357 g/mol. The SMILES string of the molecule is CC(C)N(C(=O)COC(=O)/C=C/c1ccccc1Cl)c1ccccc1. The van der Waals surface area contributed by atoms with E-state index in [1.807, 2.05) is 50.2 Å². The fourth-order valence-electron chi connectivity index (χ4n) is 2.34. The lowest BCUT2D eigenvalue weighted by atomic mass is 10.2. The van der Waals surface area contributed by atoms with Gasteiger partial charge in [0.2, 0.25) is 0 Å². The van der Waals surface area contributed by atoms with Crippen molar-refractivity contribution in [3.8, 4) is 0 Å². The number of anilines is 1. The Morgan fingerprint density at radius 2 is 1.72 bits per heavy atom. The quantitative estimate of drug-likeness (QED) is 0.570. The number of hydrogen-bond donors (Lipinski definition) is 0. The van der Waals surface area contributed by atoms with Gasteiger partial charge >= 0.3 is 5.97 Å². The first-order chi connectivity index (χ1) is 12.0. The number of halogens is 1. The molecule has 2 aromatic rings. The summed E-state index contributed by atoms with van der Waals surface area (Å²) in [7, 11) is 0. The van der Waals surface area contributed by atoms with Crippen LogP contribution in [0.2, 0.25) is 5.02 Å². The number of para-hydroxylation sites is 1. The zero-order valence-electron chi connectivity index (χ0n) is 14.2. The summed E-state index contributed by atoms with van der Waals surface area (Å²) < 4.78 is 5.06. The molecule has 130 valence electrons. The number of ether oxygens (including phenoxy) is 1. The van der Waals surface area contributed by atoms with E-state index in [2.05, 4.69) is 0 Å². The molecule has 4 nitrogen and oxygen atoms in total. The highest BCUT2D eigenvalue weighted by atomic mass is 35.5. The van der Waals surface area contributed by atoms with E-state index in [0.717, 1.165) is 5.69 Å². The van der Waals surface area contributed by atoms with Gasteiger partial charge in [-0.25, -0.2) is 4.79 Å². The molecule has 0 fully saturated rings. The number of amides is 1. The molecular formula is C20H20ClNO3. The molecular weight excluding hydrogens is 338 g/mol. The largest absolute Gasteiger partial charge is 0.452 e. The van der Waals surface area contributed by atoms with E-state index in [-0.39, 0.29) is 18.6 Å². The molecule has 0 aromatic heterocycles. The summed E-state index contributed by atoms with van der Waals surface area (Å²) in [6.45, 7) is 3.49. The van der Waals surface area contributed by atoms with Gasteiger partial charge in [-0.15, -0.1) is 0 Å².